The number of methoxy groups -OCH3 is 1. The lowest BCUT2D eigenvalue weighted by molar-refractivity contribution is -0.137. The standard InChI is InChI=1S/C30H26N4O6/c1-37-25-12-6-8-21(28(25)39-19-27(35)33-13-15-38-16-14-33)18-31-34-29(26-17-20-7-2-5-11-24(20)40-26)32-23-10-4-3-9-22(23)30(34)36/h2-12,17-18H,13-16,19H2,1H3. The Bertz CT molecular complexity index is 1750. The molecule has 10 heteroatoms. The van der Waals surface area contributed by atoms with Crippen LogP contribution in [0.2, 0.25) is 0 Å². The van der Waals surface area contributed by atoms with Crippen molar-refractivity contribution in [3.05, 3.63) is 88.7 Å². The monoisotopic (exact) mass is 538 g/mol. The number of hydrogen-bond donors (Lipinski definition) is 0. The van der Waals surface area contributed by atoms with Gasteiger partial charge in [-0.05, 0) is 36.4 Å². The Morgan fingerprint density at radius 1 is 1.05 bits per heavy atom. The molecule has 1 saturated heterocycles. The second-order valence-electron chi connectivity index (χ2n) is 9.12. The fraction of sp³-hybridized carbons (Fsp3) is 0.200. The van der Waals surface area contributed by atoms with Crippen LogP contribution in [-0.4, -0.2) is 66.7 Å². The first kappa shape index (κ1) is 25.3. The summed E-state index contributed by atoms with van der Waals surface area (Å²) in [6.07, 6.45) is 1.49. The van der Waals surface area contributed by atoms with Crippen LogP contribution < -0.4 is 15.0 Å². The van der Waals surface area contributed by atoms with Crippen molar-refractivity contribution < 1.29 is 23.4 Å². The van der Waals surface area contributed by atoms with Crippen molar-refractivity contribution in [1.82, 2.24) is 14.6 Å². The van der Waals surface area contributed by atoms with Crippen molar-refractivity contribution >= 4 is 34.0 Å². The molecule has 0 aliphatic carbocycles. The minimum absolute atomic E-state index is 0.154. The van der Waals surface area contributed by atoms with Crippen LogP contribution in [0.25, 0.3) is 33.5 Å². The van der Waals surface area contributed by atoms with E-state index in [4.69, 9.17) is 23.6 Å². The molecule has 1 amide bonds. The van der Waals surface area contributed by atoms with Crippen LogP contribution in [0.3, 0.4) is 0 Å². The number of morpholine rings is 1. The number of benzene rings is 3. The number of para-hydroxylation sites is 3. The van der Waals surface area contributed by atoms with Crippen LogP contribution >= 0.6 is 0 Å². The van der Waals surface area contributed by atoms with E-state index < -0.39 is 0 Å². The smallest absolute Gasteiger partial charge is 0.282 e. The Kier molecular flexibility index (Phi) is 6.98. The van der Waals surface area contributed by atoms with E-state index in [-0.39, 0.29) is 23.9 Å². The van der Waals surface area contributed by atoms with E-state index in [1.165, 1.54) is 18.0 Å². The van der Waals surface area contributed by atoms with Gasteiger partial charge < -0.3 is 23.5 Å². The Balaban J connectivity index is 1.40. The lowest BCUT2D eigenvalue weighted by Gasteiger charge is -2.27. The van der Waals surface area contributed by atoms with E-state index in [1.807, 2.05) is 36.4 Å². The Hall–Kier alpha value is -4.96. The van der Waals surface area contributed by atoms with Gasteiger partial charge in [-0.25, -0.2) is 4.98 Å². The molecule has 1 aliphatic rings. The molecule has 0 saturated carbocycles. The second-order valence-corrected chi connectivity index (χ2v) is 9.12. The van der Waals surface area contributed by atoms with Gasteiger partial charge in [-0.15, -0.1) is 0 Å². The summed E-state index contributed by atoms with van der Waals surface area (Å²) < 4.78 is 24.0. The van der Waals surface area contributed by atoms with Gasteiger partial charge >= 0.3 is 0 Å². The largest absolute Gasteiger partial charge is 0.493 e. The van der Waals surface area contributed by atoms with E-state index in [0.717, 1.165) is 5.39 Å². The normalized spacial score (nSPS) is 13.8. The molecule has 0 N–H and O–H groups in total. The van der Waals surface area contributed by atoms with Gasteiger partial charge in [-0.1, -0.05) is 36.4 Å². The molecule has 0 spiro atoms. The van der Waals surface area contributed by atoms with Gasteiger partial charge in [0, 0.05) is 24.0 Å². The highest BCUT2D eigenvalue weighted by Crippen LogP contribution is 2.31. The Labute approximate surface area is 229 Å². The fourth-order valence-electron chi connectivity index (χ4n) is 4.59. The minimum Gasteiger partial charge on any atom is -0.493 e. The molecule has 5 aromatic rings. The Morgan fingerprint density at radius 3 is 2.67 bits per heavy atom. The molecular formula is C30H26N4O6. The van der Waals surface area contributed by atoms with Crippen molar-refractivity contribution in [2.45, 2.75) is 0 Å². The van der Waals surface area contributed by atoms with Crippen molar-refractivity contribution in [2.24, 2.45) is 5.10 Å². The number of furan rings is 1. The molecule has 202 valence electrons. The molecule has 40 heavy (non-hydrogen) atoms. The third kappa shape index (κ3) is 4.92. The Morgan fingerprint density at radius 2 is 1.85 bits per heavy atom. The van der Waals surface area contributed by atoms with E-state index in [1.54, 1.807) is 41.3 Å². The lowest BCUT2D eigenvalue weighted by Crippen LogP contribution is -2.43. The van der Waals surface area contributed by atoms with Crippen LogP contribution in [-0.2, 0) is 9.53 Å². The summed E-state index contributed by atoms with van der Waals surface area (Å²) in [7, 11) is 1.52. The summed E-state index contributed by atoms with van der Waals surface area (Å²) >= 11 is 0. The maximum Gasteiger partial charge on any atom is 0.282 e. The number of amides is 1. The zero-order valence-corrected chi connectivity index (χ0v) is 21.8. The summed E-state index contributed by atoms with van der Waals surface area (Å²) in [5.41, 5.74) is 1.36. The van der Waals surface area contributed by atoms with Crippen LogP contribution in [0.5, 0.6) is 11.5 Å². The summed E-state index contributed by atoms with van der Waals surface area (Å²) in [6.45, 7) is 1.86. The molecule has 1 fully saturated rings. The van der Waals surface area contributed by atoms with E-state index in [2.05, 4.69) is 5.10 Å². The van der Waals surface area contributed by atoms with Gasteiger partial charge in [0.25, 0.3) is 11.5 Å². The predicted octanol–water partition coefficient (Wildman–Crippen LogP) is 3.94. The topological polar surface area (TPSA) is 108 Å². The first-order valence-electron chi connectivity index (χ1n) is 12.8. The quantitative estimate of drug-likeness (QED) is 0.289. The molecule has 3 aromatic carbocycles. The van der Waals surface area contributed by atoms with Crippen molar-refractivity contribution in [1.29, 1.82) is 0 Å². The van der Waals surface area contributed by atoms with Gasteiger partial charge in [-0.2, -0.15) is 9.78 Å². The number of fused-ring (bicyclic) bond motifs is 2. The average molecular weight is 539 g/mol. The molecular weight excluding hydrogens is 512 g/mol. The van der Waals surface area contributed by atoms with E-state index in [0.29, 0.717) is 65.6 Å². The molecule has 0 atom stereocenters. The molecule has 6 rings (SSSR count). The van der Waals surface area contributed by atoms with Crippen molar-refractivity contribution in [3.63, 3.8) is 0 Å². The predicted molar refractivity (Wildman–Crippen MR) is 150 cm³/mol. The van der Waals surface area contributed by atoms with Crippen LogP contribution in [0, 0.1) is 0 Å². The SMILES string of the molecule is COc1cccc(C=Nn2c(-c3cc4ccccc4o3)nc3ccccc3c2=O)c1OCC(=O)N1CCOCC1. The number of carbonyl (C=O) groups excluding carboxylic acids is 1. The number of ether oxygens (including phenoxy) is 3. The van der Waals surface area contributed by atoms with Gasteiger partial charge in [0.15, 0.2) is 23.9 Å². The van der Waals surface area contributed by atoms with Gasteiger partial charge in [0.2, 0.25) is 5.82 Å². The van der Waals surface area contributed by atoms with Gasteiger partial charge in [0.05, 0.1) is 37.4 Å². The summed E-state index contributed by atoms with van der Waals surface area (Å²) in [5.74, 6) is 1.27. The summed E-state index contributed by atoms with van der Waals surface area (Å²) in [6, 6.07) is 21.7. The zero-order valence-electron chi connectivity index (χ0n) is 21.8. The van der Waals surface area contributed by atoms with Crippen molar-refractivity contribution in [3.8, 4) is 23.1 Å². The highest BCUT2D eigenvalue weighted by molar-refractivity contribution is 5.87. The maximum atomic E-state index is 13.6. The number of nitrogens with zero attached hydrogens (tertiary/aromatic N) is 4. The molecule has 10 nitrogen and oxygen atoms in total. The number of carbonyl (C=O) groups is 1. The first-order valence-corrected chi connectivity index (χ1v) is 12.8. The van der Waals surface area contributed by atoms with Gasteiger partial charge in [0.1, 0.15) is 5.58 Å². The minimum atomic E-state index is -0.356. The van der Waals surface area contributed by atoms with Gasteiger partial charge in [-0.3, -0.25) is 9.59 Å². The van der Waals surface area contributed by atoms with Crippen LogP contribution in [0.15, 0.2) is 87.1 Å². The van der Waals surface area contributed by atoms with Crippen LogP contribution in [0.1, 0.15) is 5.56 Å². The average Bonchev–Trinajstić information content (AvgIpc) is 3.44. The zero-order chi connectivity index (χ0) is 27.5. The molecule has 1 aliphatic heterocycles. The molecule has 0 unspecified atom stereocenters. The highest BCUT2D eigenvalue weighted by Gasteiger charge is 2.20. The summed E-state index contributed by atoms with van der Waals surface area (Å²) in [5, 5.41) is 5.83. The third-order valence-corrected chi connectivity index (χ3v) is 6.65. The number of rotatable bonds is 7. The molecule has 0 bridgehead atoms. The molecule has 2 aromatic heterocycles. The fourth-order valence-corrected chi connectivity index (χ4v) is 4.59. The number of aromatic nitrogens is 2. The third-order valence-electron chi connectivity index (χ3n) is 6.65. The van der Waals surface area contributed by atoms with Crippen LogP contribution in [0.4, 0.5) is 0 Å². The van der Waals surface area contributed by atoms with E-state index >= 15 is 0 Å². The maximum absolute atomic E-state index is 13.6. The first-order chi connectivity index (χ1) is 19.6. The summed E-state index contributed by atoms with van der Waals surface area (Å²) in [4.78, 5) is 32.7. The van der Waals surface area contributed by atoms with Crippen molar-refractivity contribution in [2.75, 3.05) is 40.0 Å². The second kappa shape index (κ2) is 11.0. The number of hydrogen-bond acceptors (Lipinski definition) is 8. The highest BCUT2D eigenvalue weighted by atomic mass is 16.5. The lowest BCUT2D eigenvalue weighted by atomic mass is 10.2. The van der Waals surface area contributed by atoms with E-state index in [9.17, 15) is 9.59 Å². The molecule has 0 radical (unpaired) electrons. The molecule has 3 heterocycles.